The Morgan fingerprint density at radius 2 is 1.60 bits per heavy atom. The van der Waals surface area contributed by atoms with Gasteiger partial charge in [-0.1, -0.05) is 60.1 Å². The molecular formula is C24H19ClN2O3. The summed E-state index contributed by atoms with van der Waals surface area (Å²) in [5.41, 5.74) is 3.06. The quantitative estimate of drug-likeness (QED) is 0.578. The molecule has 0 saturated carbocycles. The van der Waals surface area contributed by atoms with Gasteiger partial charge >= 0.3 is 0 Å². The second kappa shape index (κ2) is 7.27. The Bertz CT molecular complexity index is 1130. The number of anilines is 2. The van der Waals surface area contributed by atoms with Crippen molar-refractivity contribution in [3.05, 3.63) is 95.0 Å². The Balaban J connectivity index is 1.61. The van der Waals surface area contributed by atoms with Crippen LogP contribution < -0.4 is 9.96 Å². The number of amides is 2. The molecule has 5 nitrogen and oxygen atoms in total. The summed E-state index contributed by atoms with van der Waals surface area (Å²) in [5, 5.41) is 2.24. The first kappa shape index (κ1) is 18.9. The third-order valence-corrected chi connectivity index (χ3v) is 5.91. The number of rotatable bonds is 3. The zero-order valence-electron chi connectivity index (χ0n) is 16.2. The van der Waals surface area contributed by atoms with E-state index in [-0.39, 0.29) is 11.8 Å². The number of para-hydroxylation sites is 2. The van der Waals surface area contributed by atoms with Crippen molar-refractivity contribution in [3.8, 4) is 0 Å². The second-order valence-electron chi connectivity index (χ2n) is 7.51. The number of hydrogen-bond acceptors (Lipinski definition) is 4. The first-order valence-corrected chi connectivity index (χ1v) is 10.1. The molecule has 0 bridgehead atoms. The van der Waals surface area contributed by atoms with Gasteiger partial charge in [0.05, 0.1) is 17.4 Å². The predicted molar refractivity (Wildman–Crippen MR) is 115 cm³/mol. The monoisotopic (exact) mass is 418 g/mol. The molecule has 2 amide bonds. The minimum absolute atomic E-state index is 0.261. The summed E-state index contributed by atoms with van der Waals surface area (Å²) in [5.74, 6) is -1.27. The van der Waals surface area contributed by atoms with Gasteiger partial charge in [0.15, 0.2) is 6.10 Å². The minimum atomic E-state index is -0.888. The minimum Gasteiger partial charge on any atom is -0.273 e. The number of fused-ring (bicyclic) bond motifs is 1. The summed E-state index contributed by atoms with van der Waals surface area (Å²) in [6.07, 6.45) is -0.888. The van der Waals surface area contributed by atoms with Crippen LogP contribution in [-0.4, -0.2) is 17.9 Å². The van der Waals surface area contributed by atoms with Crippen molar-refractivity contribution >= 4 is 34.8 Å². The molecule has 5 rings (SSSR count). The van der Waals surface area contributed by atoms with E-state index in [1.165, 1.54) is 4.90 Å². The molecule has 2 fully saturated rings. The largest absolute Gasteiger partial charge is 0.273 e. The lowest BCUT2D eigenvalue weighted by Crippen LogP contribution is -2.37. The van der Waals surface area contributed by atoms with Crippen molar-refractivity contribution in [3.63, 3.8) is 0 Å². The highest BCUT2D eigenvalue weighted by Gasteiger charge is 2.60. The van der Waals surface area contributed by atoms with E-state index < -0.39 is 18.1 Å². The SMILES string of the molecule is Cc1ccccc1N1C(=O)[C@@H]2[C@@H](ON(c3ccccc3)[C@H]2c2cccc(Cl)c2)C1=O. The molecule has 0 aliphatic carbocycles. The maximum atomic E-state index is 13.6. The fraction of sp³-hybridized carbons (Fsp3) is 0.167. The number of imide groups is 1. The topological polar surface area (TPSA) is 49.9 Å². The van der Waals surface area contributed by atoms with Gasteiger partial charge < -0.3 is 0 Å². The third-order valence-electron chi connectivity index (χ3n) is 5.67. The number of nitrogens with zero attached hydrogens (tertiary/aromatic N) is 2. The number of benzene rings is 3. The van der Waals surface area contributed by atoms with E-state index in [1.807, 2.05) is 73.7 Å². The maximum Gasteiger partial charge on any atom is 0.266 e. The van der Waals surface area contributed by atoms with Gasteiger partial charge in [0, 0.05) is 5.02 Å². The molecule has 0 unspecified atom stereocenters. The molecular weight excluding hydrogens is 400 g/mol. The summed E-state index contributed by atoms with van der Waals surface area (Å²) in [7, 11) is 0. The highest BCUT2D eigenvalue weighted by molar-refractivity contribution is 6.30. The predicted octanol–water partition coefficient (Wildman–Crippen LogP) is 4.70. The van der Waals surface area contributed by atoms with Gasteiger partial charge in [-0.2, -0.15) is 0 Å². The second-order valence-corrected chi connectivity index (χ2v) is 7.95. The van der Waals surface area contributed by atoms with Gasteiger partial charge in [-0.3, -0.25) is 14.4 Å². The molecule has 30 heavy (non-hydrogen) atoms. The number of hydroxylamine groups is 1. The van der Waals surface area contributed by atoms with Gasteiger partial charge in [-0.05, 0) is 48.4 Å². The fourth-order valence-corrected chi connectivity index (χ4v) is 4.49. The highest BCUT2D eigenvalue weighted by atomic mass is 35.5. The lowest BCUT2D eigenvalue weighted by atomic mass is 9.90. The standard InChI is InChI=1S/C24H19ClN2O3/c1-15-8-5-6-13-19(15)26-23(28)20-21(16-9-7-10-17(25)14-16)27(30-22(20)24(26)29)18-11-3-2-4-12-18/h2-14,20-22H,1H3/t20-,21-,22+/m0/s1. The average Bonchev–Trinajstić information content (AvgIpc) is 3.26. The molecule has 6 heteroatoms. The van der Waals surface area contributed by atoms with E-state index in [0.717, 1.165) is 16.8 Å². The summed E-state index contributed by atoms with van der Waals surface area (Å²) in [6, 6.07) is 23.7. The van der Waals surface area contributed by atoms with Gasteiger partial charge in [0.1, 0.15) is 5.92 Å². The van der Waals surface area contributed by atoms with E-state index in [1.54, 1.807) is 17.2 Å². The van der Waals surface area contributed by atoms with E-state index in [0.29, 0.717) is 10.7 Å². The zero-order chi connectivity index (χ0) is 20.8. The van der Waals surface area contributed by atoms with Crippen molar-refractivity contribution < 1.29 is 14.4 Å². The van der Waals surface area contributed by atoms with Crippen molar-refractivity contribution in [2.45, 2.75) is 19.1 Å². The average molecular weight is 419 g/mol. The van der Waals surface area contributed by atoms with Crippen LogP contribution in [0.1, 0.15) is 17.2 Å². The van der Waals surface area contributed by atoms with Crippen molar-refractivity contribution in [1.29, 1.82) is 0 Å². The number of carbonyl (C=O) groups is 2. The van der Waals surface area contributed by atoms with E-state index >= 15 is 0 Å². The Morgan fingerprint density at radius 1 is 0.867 bits per heavy atom. The molecule has 2 aliphatic heterocycles. The van der Waals surface area contributed by atoms with E-state index in [9.17, 15) is 9.59 Å². The highest BCUT2D eigenvalue weighted by Crippen LogP contribution is 2.48. The lowest BCUT2D eigenvalue weighted by Gasteiger charge is -2.29. The van der Waals surface area contributed by atoms with Crippen LogP contribution in [0.4, 0.5) is 11.4 Å². The number of carbonyl (C=O) groups excluding carboxylic acids is 2. The van der Waals surface area contributed by atoms with Crippen molar-refractivity contribution in [2.75, 3.05) is 9.96 Å². The first-order valence-electron chi connectivity index (χ1n) is 9.76. The molecule has 0 aromatic heterocycles. The molecule has 0 radical (unpaired) electrons. The van der Waals surface area contributed by atoms with Gasteiger partial charge in [0.2, 0.25) is 5.91 Å². The maximum absolute atomic E-state index is 13.6. The smallest absolute Gasteiger partial charge is 0.266 e. The summed E-state index contributed by atoms with van der Waals surface area (Å²) in [4.78, 5) is 34.3. The Hall–Kier alpha value is -3.15. The summed E-state index contributed by atoms with van der Waals surface area (Å²) < 4.78 is 0. The Morgan fingerprint density at radius 3 is 2.33 bits per heavy atom. The fourth-order valence-electron chi connectivity index (χ4n) is 4.29. The molecule has 3 aromatic rings. The van der Waals surface area contributed by atoms with Crippen LogP contribution in [0.5, 0.6) is 0 Å². The zero-order valence-corrected chi connectivity index (χ0v) is 17.0. The van der Waals surface area contributed by atoms with Crippen LogP contribution in [0.15, 0.2) is 78.9 Å². The molecule has 2 heterocycles. The third kappa shape index (κ3) is 2.90. The summed E-state index contributed by atoms with van der Waals surface area (Å²) >= 11 is 6.25. The van der Waals surface area contributed by atoms with Crippen molar-refractivity contribution in [2.24, 2.45) is 5.92 Å². The molecule has 3 atom stereocenters. The number of hydrogen-bond donors (Lipinski definition) is 0. The number of aryl methyl sites for hydroxylation is 1. The molecule has 3 aromatic carbocycles. The van der Waals surface area contributed by atoms with E-state index in [2.05, 4.69) is 0 Å². The molecule has 0 N–H and O–H groups in total. The van der Waals surface area contributed by atoms with Crippen LogP contribution in [-0.2, 0) is 14.4 Å². The Labute approximate surface area is 179 Å². The summed E-state index contributed by atoms with van der Waals surface area (Å²) in [6.45, 7) is 1.88. The molecule has 150 valence electrons. The normalized spacial score (nSPS) is 23.2. The van der Waals surface area contributed by atoms with Gasteiger partial charge in [-0.25, -0.2) is 9.96 Å². The van der Waals surface area contributed by atoms with Crippen LogP contribution in [0.3, 0.4) is 0 Å². The molecule has 2 aliphatic rings. The van der Waals surface area contributed by atoms with Crippen LogP contribution in [0.25, 0.3) is 0 Å². The van der Waals surface area contributed by atoms with Crippen LogP contribution >= 0.6 is 11.6 Å². The van der Waals surface area contributed by atoms with Crippen molar-refractivity contribution in [1.82, 2.24) is 0 Å². The van der Waals surface area contributed by atoms with Gasteiger partial charge in [-0.15, -0.1) is 0 Å². The van der Waals surface area contributed by atoms with Crippen LogP contribution in [0, 0.1) is 12.8 Å². The first-order chi connectivity index (χ1) is 14.6. The van der Waals surface area contributed by atoms with Gasteiger partial charge in [0.25, 0.3) is 5.91 Å². The molecule has 2 saturated heterocycles. The Kier molecular flexibility index (Phi) is 4.57. The molecule has 0 spiro atoms. The lowest BCUT2D eigenvalue weighted by molar-refractivity contribution is -0.126. The van der Waals surface area contributed by atoms with Crippen LogP contribution in [0.2, 0.25) is 5.02 Å². The van der Waals surface area contributed by atoms with E-state index in [4.69, 9.17) is 16.4 Å². The number of halogens is 1.